The van der Waals surface area contributed by atoms with Crippen molar-refractivity contribution in [1.82, 2.24) is 14.5 Å². The number of esters is 1. The van der Waals surface area contributed by atoms with E-state index in [1.54, 1.807) is 0 Å². The van der Waals surface area contributed by atoms with Crippen molar-refractivity contribution < 1.29 is 9.53 Å². The molecule has 1 unspecified atom stereocenters. The van der Waals surface area contributed by atoms with E-state index in [1.807, 2.05) is 39.0 Å². The van der Waals surface area contributed by atoms with Gasteiger partial charge >= 0.3 is 5.97 Å². The molecule has 1 atom stereocenters. The van der Waals surface area contributed by atoms with E-state index in [2.05, 4.69) is 50.8 Å². The highest BCUT2D eigenvalue weighted by Gasteiger charge is 2.28. The highest BCUT2D eigenvalue weighted by atomic mass is 16.5. The average Bonchev–Trinajstić information content (AvgIpc) is 3.28. The molecular formula is C32H39N7O2. The molecular weight excluding hydrogens is 514 g/mol. The summed E-state index contributed by atoms with van der Waals surface area (Å²) in [5, 5.41) is 18.0. The standard InChI is InChI=1S/C32H39N7O2/c1-20(32(40)41-4)18-39(27-11-13-37(14-12-27)21(2)33)28-9-10-29-30(17-28)38(22(3)36-29)19-23-5-6-24-7-8-25(31(34)35)16-26(24)15-23/h5-10,15-17,20,27,33H,11-14,18-19H2,1-4H3,(H3,34,35). The van der Waals surface area contributed by atoms with Crippen molar-refractivity contribution in [2.24, 2.45) is 11.7 Å². The zero-order chi connectivity index (χ0) is 29.3. The van der Waals surface area contributed by atoms with Gasteiger partial charge in [0, 0.05) is 43.5 Å². The Bertz CT molecular complexity index is 1620. The van der Waals surface area contributed by atoms with Gasteiger partial charge in [0.1, 0.15) is 11.7 Å². The van der Waals surface area contributed by atoms with Crippen LogP contribution in [-0.2, 0) is 16.1 Å². The van der Waals surface area contributed by atoms with Crippen LogP contribution in [0.1, 0.15) is 43.6 Å². The summed E-state index contributed by atoms with van der Waals surface area (Å²) in [6, 6.07) is 18.9. The van der Waals surface area contributed by atoms with Crippen LogP contribution in [0.25, 0.3) is 21.8 Å². The molecule has 0 radical (unpaired) electrons. The lowest BCUT2D eigenvalue weighted by atomic mass is 10.00. The Kier molecular flexibility index (Phi) is 7.97. The van der Waals surface area contributed by atoms with Gasteiger partial charge in [-0.2, -0.15) is 0 Å². The number of hydrogen-bond acceptors (Lipinski definition) is 6. The lowest BCUT2D eigenvalue weighted by Gasteiger charge is -2.41. The van der Waals surface area contributed by atoms with Crippen LogP contribution in [0.5, 0.6) is 0 Å². The second-order valence-electron chi connectivity index (χ2n) is 11.1. The Morgan fingerprint density at radius 3 is 2.51 bits per heavy atom. The molecule has 1 aliphatic rings. The van der Waals surface area contributed by atoms with E-state index < -0.39 is 0 Å². The molecule has 214 valence electrons. The van der Waals surface area contributed by atoms with Gasteiger partial charge in [-0.1, -0.05) is 31.2 Å². The van der Waals surface area contributed by atoms with E-state index in [0.717, 1.165) is 64.8 Å². The molecule has 0 spiro atoms. The summed E-state index contributed by atoms with van der Waals surface area (Å²) in [5.41, 5.74) is 10.6. The third-order valence-corrected chi connectivity index (χ3v) is 8.26. The Labute approximate surface area is 240 Å². The van der Waals surface area contributed by atoms with Crippen molar-refractivity contribution >= 4 is 45.1 Å². The fraction of sp³-hybridized carbons (Fsp3) is 0.375. The number of nitrogens with two attached hydrogens (primary N) is 1. The van der Waals surface area contributed by atoms with Gasteiger partial charge < -0.3 is 24.8 Å². The quantitative estimate of drug-likeness (QED) is 0.162. The predicted octanol–water partition coefficient (Wildman–Crippen LogP) is 4.91. The first kappa shape index (κ1) is 28.1. The number of piperidine rings is 1. The number of methoxy groups -OCH3 is 1. The van der Waals surface area contributed by atoms with Crippen LogP contribution in [0, 0.1) is 23.7 Å². The Morgan fingerprint density at radius 1 is 1.10 bits per heavy atom. The molecule has 0 aliphatic carbocycles. The number of hydrogen-bond donors (Lipinski definition) is 3. The first-order chi connectivity index (χ1) is 19.6. The van der Waals surface area contributed by atoms with E-state index in [1.165, 1.54) is 7.11 Å². The van der Waals surface area contributed by atoms with Crippen LogP contribution < -0.4 is 10.6 Å². The maximum Gasteiger partial charge on any atom is 0.310 e. The minimum absolute atomic E-state index is 0.0611. The summed E-state index contributed by atoms with van der Waals surface area (Å²) in [7, 11) is 1.44. The summed E-state index contributed by atoms with van der Waals surface area (Å²) in [6.45, 7) is 8.66. The van der Waals surface area contributed by atoms with Gasteiger partial charge in [-0.3, -0.25) is 15.6 Å². The van der Waals surface area contributed by atoms with Crippen molar-refractivity contribution in [3.63, 3.8) is 0 Å². The minimum Gasteiger partial charge on any atom is -0.469 e. The maximum atomic E-state index is 12.4. The zero-order valence-electron chi connectivity index (χ0n) is 24.3. The van der Waals surface area contributed by atoms with Gasteiger partial charge in [-0.15, -0.1) is 0 Å². The maximum absolute atomic E-state index is 12.4. The molecule has 41 heavy (non-hydrogen) atoms. The highest BCUT2D eigenvalue weighted by molar-refractivity contribution is 5.99. The van der Waals surface area contributed by atoms with Crippen LogP contribution in [0.2, 0.25) is 0 Å². The number of aromatic nitrogens is 2. The van der Waals surface area contributed by atoms with Crippen molar-refractivity contribution in [3.8, 4) is 0 Å². The Hall–Kier alpha value is -4.40. The molecule has 5 rings (SSSR count). The highest BCUT2D eigenvalue weighted by Crippen LogP contribution is 2.30. The Balaban J connectivity index is 1.49. The molecule has 3 aromatic carbocycles. The monoisotopic (exact) mass is 553 g/mol. The SMILES string of the molecule is COC(=O)C(C)CN(c1ccc2nc(C)n(Cc3ccc4ccc(C(=N)N)cc4c3)c2c1)C1CCN(C(C)=N)CC1. The molecule has 1 aliphatic heterocycles. The zero-order valence-corrected chi connectivity index (χ0v) is 24.3. The van der Waals surface area contributed by atoms with E-state index >= 15 is 0 Å². The lowest BCUT2D eigenvalue weighted by Crippen LogP contribution is -2.48. The molecule has 4 aromatic rings. The van der Waals surface area contributed by atoms with Gasteiger partial charge in [0.05, 0.1) is 29.9 Å². The number of nitrogens with zero attached hydrogens (tertiary/aromatic N) is 4. The summed E-state index contributed by atoms with van der Waals surface area (Å²) >= 11 is 0. The van der Waals surface area contributed by atoms with Gasteiger partial charge in [-0.25, -0.2) is 4.98 Å². The smallest absolute Gasteiger partial charge is 0.310 e. The average molecular weight is 554 g/mol. The number of imidazole rings is 1. The van der Waals surface area contributed by atoms with E-state index in [-0.39, 0.29) is 23.8 Å². The van der Waals surface area contributed by atoms with Crippen LogP contribution in [0.3, 0.4) is 0 Å². The molecule has 0 bridgehead atoms. The van der Waals surface area contributed by atoms with Crippen molar-refractivity contribution in [2.75, 3.05) is 31.6 Å². The number of ether oxygens (including phenoxy) is 1. The van der Waals surface area contributed by atoms with E-state index in [0.29, 0.717) is 24.5 Å². The fourth-order valence-corrected chi connectivity index (χ4v) is 5.90. The van der Waals surface area contributed by atoms with Crippen LogP contribution in [0.15, 0.2) is 54.6 Å². The third kappa shape index (κ3) is 5.89. The predicted molar refractivity (Wildman–Crippen MR) is 165 cm³/mol. The van der Waals surface area contributed by atoms with Crippen LogP contribution >= 0.6 is 0 Å². The molecule has 2 heterocycles. The molecule has 0 saturated carbocycles. The van der Waals surface area contributed by atoms with Gasteiger partial charge in [0.15, 0.2) is 0 Å². The number of benzene rings is 3. The number of amidine groups is 2. The topological polar surface area (TPSA) is 124 Å². The largest absolute Gasteiger partial charge is 0.469 e. The molecule has 9 heteroatoms. The summed E-state index contributed by atoms with van der Waals surface area (Å²) in [4.78, 5) is 21.7. The van der Waals surface area contributed by atoms with E-state index in [4.69, 9.17) is 26.3 Å². The number of rotatable bonds is 8. The number of nitrogens with one attached hydrogen (secondary N) is 2. The molecule has 9 nitrogen and oxygen atoms in total. The van der Waals surface area contributed by atoms with E-state index in [9.17, 15) is 4.79 Å². The first-order valence-electron chi connectivity index (χ1n) is 14.1. The molecule has 1 fully saturated rings. The second kappa shape index (κ2) is 11.6. The summed E-state index contributed by atoms with van der Waals surface area (Å²) < 4.78 is 7.29. The normalized spacial score (nSPS) is 14.8. The molecule has 1 saturated heterocycles. The summed E-state index contributed by atoms with van der Waals surface area (Å²) in [5.74, 6) is 1.10. The van der Waals surface area contributed by atoms with Crippen molar-refractivity contribution in [1.29, 1.82) is 10.8 Å². The third-order valence-electron chi connectivity index (χ3n) is 8.26. The molecule has 4 N–H and O–H groups in total. The fourth-order valence-electron chi connectivity index (χ4n) is 5.90. The molecule has 0 amide bonds. The van der Waals surface area contributed by atoms with Crippen LogP contribution in [0.4, 0.5) is 5.69 Å². The van der Waals surface area contributed by atoms with Gasteiger partial charge in [0.25, 0.3) is 0 Å². The van der Waals surface area contributed by atoms with Crippen LogP contribution in [-0.4, -0.2) is 64.9 Å². The number of carbonyl (C=O) groups is 1. The lowest BCUT2D eigenvalue weighted by molar-refractivity contribution is -0.144. The second-order valence-corrected chi connectivity index (χ2v) is 11.1. The molecule has 1 aromatic heterocycles. The number of likely N-dealkylation sites (tertiary alicyclic amines) is 1. The van der Waals surface area contributed by atoms with Gasteiger partial charge in [-0.05, 0) is 73.4 Å². The van der Waals surface area contributed by atoms with Crippen molar-refractivity contribution in [3.05, 3.63) is 71.5 Å². The number of nitrogen functional groups attached to an aromatic ring is 1. The van der Waals surface area contributed by atoms with Crippen molar-refractivity contribution in [2.45, 2.75) is 46.2 Å². The summed E-state index contributed by atoms with van der Waals surface area (Å²) in [6.07, 6.45) is 1.83. The number of fused-ring (bicyclic) bond motifs is 2. The minimum atomic E-state index is -0.276. The Morgan fingerprint density at radius 2 is 1.83 bits per heavy atom. The number of aryl methyl sites for hydroxylation is 1. The van der Waals surface area contributed by atoms with Gasteiger partial charge in [0.2, 0.25) is 0 Å². The number of carbonyl (C=O) groups excluding carboxylic acids is 1. The number of anilines is 1. The first-order valence-corrected chi connectivity index (χ1v) is 14.1.